The summed E-state index contributed by atoms with van der Waals surface area (Å²) in [4.78, 5) is 2.43. The fourth-order valence-electron chi connectivity index (χ4n) is 2.86. The predicted octanol–water partition coefficient (Wildman–Crippen LogP) is 2.56. The lowest BCUT2D eigenvalue weighted by atomic mass is 10.0. The van der Waals surface area contributed by atoms with Gasteiger partial charge in [0, 0.05) is 30.9 Å². The number of nitrogens with zero attached hydrogens (tertiary/aromatic N) is 3. The van der Waals surface area contributed by atoms with E-state index in [0.29, 0.717) is 11.9 Å². The molecule has 1 aromatic heterocycles. The molecule has 5 nitrogen and oxygen atoms in total. The molecule has 22 heavy (non-hydrogen) atoms. The molecule has 116 valence electrons. The monoisotopic (exact) mass is 298 g/mol. The Balaban J connectivity index is 1.55. The normalized spacial score (nSPS) is 18.9. The number of hydrogen-bond donors (Lipinski definition) is 1. The topological polar surface area (TPSA) is 50.3 Å². The minimum Gasteiger partial charge on any atom is -0.480 e. The molecule has 2 heterocycles. The highest BCUT2D eigenvalue weighted by Gasteiger charge is 2.20. The SMILES string of the molecule is COc1ccc(CN2CCC[C@H](Nc3ccccc3)C2)nn1. The molecule has 0 spiro atoms. The third-order valence-electron chi connectivity index (χ3n) is 3.94. The summed E-state index contributed by atoms with van der Waals surface area (Å²) in [6, 6.07) is 14.8. The van der Waals surface area contributed by atoms with Gasteiger partial charge in [0.05, 0.1) is 12.8 Å². The van der Waals surface area contributed by atoms with E-state index >= 15 is 0 Å². The zero-order chi connectivity index (χ0) is 15.2. The number of likely N-dealkylation sites (tertiary alicyclic amines) is 1. The Kier molecular flexibility index (Phi) is 4.85. The van der Waals surface area contributed by atoms with E-state index in [4.69, 9.17) is 4.74 Å². The van der Waals surface area contributed by atoms with Crippen molar-refractivity contribution in [2.45, 2.75) is 25.4 Å². The Hall–Kier alpha value is -2.14. The molecule has 3 rings (SSSR count). The highest BCUT2D eigenvalue weighted by Crippen LogP contribution is 2.17. The second-order valence-electron chi connectivity index (χ2n) is 5.65. The summed E-state index contributed by atoms with van der Waals surface area (Å²) in [5.41, 5.74) is 2.18. The molecule has 2 aromatic rings. The Morgan fingerprint density at radius 1 is 1.18 bits per heavy atom. The first-order valence-corrected chi connectivity index (χ1v) is 7.74. The molecule has 1 aromatic carbocycles. The first kappa shape index (κ1) is 14.8. The molecule has 0 radical (unpaired) electrons. The lowest BCUT2D eigenvalue weighted by Gasteiger charge is -2.33. The number of piperidine rings is 1. The minimum absolute atomic E-state index is 0.488. The van der Waals surface area contributed by atoms with Crippen molar-refractivity contribution in [1.29, 1.82) is 0 Å². The van der Waals surface area contributed by atoms with Crippen molar-refractivity contribution in [3.63, 3.8) is 0 Å². The number of ether oxygens (including phenoxy) is 1. The average molecular weight is 298 g/mol. The zero-order valence-electron chi connectivity index (χ0n) is 12.9. The van der Waals surface area contributed by atoms with Crippen LogP contribution in [0.2, 0.25) is 0 Å². The fraction of sp³-hybridized carbons (Fsp3) is 0.412. The van der Waals surface area contributed by atoms with E-state index in [1.807, 2.05) is 18.2 Å². The Bertz CT molecular complexity index is 573. The summed E-state index contributed by atoms with van der Waals surface area (Å²) in [5.74, 6) is 0.561. The van der Waals surface area contributed by atoms with Crippen LogP contribution in [0.3, 0.4) is 0 Å². The maximum Gasteiger partial charge on any atom is 0.233 e. The van der Waals surface area contributed by atoms with Crippen LogP contribution in [0.15, 0.2) is 42.5 Å². The molecule has 0 aliphatic carbocycles. The molecule has 1 aliphatic heterocycles. The molecule has 1 aliphatic rings. The van der Waals surface area contributed by atoms with Crippen LogP contribution in [-0.4, -0.2) is 41.3 Å². The predicted molar refractivity (Wildman–Crippen MR) is 86.9 cm³/mol. The van der Waals surface area contributed by atoms with Crippen LogP contribution in [-0.2, 0) is 6.54 Å². The van der Waals surface area contributed by atoms with Crippen LogP contribution in [0.4, 0.5) is 5.69 Å². The van der Waals surface area contributed by atoms with Gasteiger partial charge in [-0.05, 0) is 37.6 Å². The number of aromatic nitrogens is 2. The van der Waals surface area contributed by atoms with Gasteiger partial charge >= 0.3 is 0 Å². The van der Waals surface area contributed by atoms with E-state index in [0.717, 1.165) is 25.3 Å². The molecular formula is C17H22N4O. The summed E-state index contributed by atoms with van der Waals surface area (Å²) in [7, 11) is 1.61. The van der Waals surface area contributed by atoms with E-state index < -0.39 is 0 Å². The van der Waals surface area contributed by atoms with Crippen LogP contribution < -0.4 is 10.1 Å². The van der Waals surface area contributed by atoms with Gasteiger partial charge in [0.25, 0.3) is 0 Å². The summed E-state index contributed by atoms with van der Waals surface area (Å²) >= 11 is 0. The smallest absolute Gasteiger partial charge is 0.233 e. The van der Waals surface area contributed by atoms with E-state index in [2.05, 4.69) is 44.7 Å². The second-order valence-corrected chi connectivity index (χ2v) is 5.65. The third kappa shape index (κ3) is 3.95. The zero-order valence-corrected chi connectivity index (χ0v) is 12.9. The van der Waals surface area contributed by atoms with Crippen molar-refractivity contribution in [3.8, 4) is 5.88 Å². The molecule has 1 N–H and O–H groups in total. The van der Waals surface area contributed by atoms with Crippen LogP contribution in [0, 0.1) is 0 Å². The van der Waals surface area contributed by atoms with Gasteiger partial charge in [0.2, 0.25) is 5.88 Å². The van der Waals surface area contributed by atoms with Crippen LogP contribution in [0.25, 0.3) is 0 Å². The quantitative estimate of drug-likeness (QED) is 0.919. The summed E-state index contributed by atoms with van der Waals surface area (Å²) in [5, 5.41) is 11.9. The van der Waals surface area contributed by atoms with Crippen molar-refractivity contribution in [1.82, 2.24) is 15.1 Å². The van der Waals surface area contributed by atoms with E-state index in [9.17, 15) is 0 Å². The van der Waals surface area contributed by atoms with Crippen LogP contribution in [0.5, 0.6) is 5.88 Å². The average Bonchev–Trinajstić information content (AvgIpc) is 2.57. The van der Waals surface area contributed by atoms with E-state index in [1.54, 1.807) is 7.11 Å². The molecule has 5 heteroatoms. The van der Waals surface area contributed by atoms with Gasteiger partial charge in [-0.1, -0.05) is 18.2 Å². The molecule has 0 bridgehead atoms. The van der Waals surface area contributed by atoms with Crippen molar-refractivity contribution in [3.05, 3.63) is 48.2 Å². The highest BCUT2D eigenvalue weighted by atomic mass is 16.5. The maximum atomic E-state index is 5.05. The van der Waals surface area contributed by atoms with Crippen molar-refractivity contribution >= 4 is 5.69 Å². The van der Waals surface area contributed by atoms with Gasteiger partial charge in [-0.15, -0.1) is 5.10 Å². The minimum atomic E-state index is 0.488. The van der Waals surface area contributed by atoms with Gasteiger partial charge in [-0.2, -0.15) is 5.10 Å². The first-order chi connectivity index (χ1) is 10.8. The number of nitrogens with one attached hydrogen (secondary N) is 1. The van der Waals surface area contributed by atoms with Gasteiger partial charge in [0.1, 0.15) is 0 Å². The first-order valence-electron chi connectivity index (χ1n) is 7.74. The Labute approximate surface area is 131 Å². The van der Waals surface area contributed by atoms with E-state index in [1.165, 1.54) is 18.5 Å². The van der Waals surface area contributed by atoms with Crippen LogP contribution >= 0.6 is 0 Å². The summed E-state index contributed by atoms with van der Waals surface area (Å²) < 4.78 is 5.05. The molecular weight excluding hydrogens is 276 g/mol. The fourth-order valence-corrected chi connectivity index (χ4v) is 2.86. The van der Waals surface area contributed by atoms with Crippen molar-refractivity contribution in [2.75, 3.05) is 25.5 Å². The second kappa shape index (κ2) is 7.22. The highest BCUT2D eigenvalue weighted by molar-refractivity contribution is 5.43. The lowest BCUT2D eigenvalue weighted by Crippen LogP contribution is -2.41. The number of hydrogen-bond acceptors (Lipinski definition) is 5. The number of para-hydroxylation sites is 1. The summed E-state index contributed by atoms with van der Waals surface area (Å²) in [6.45, 7) is 2.98. The summed E-state index contributed by atoms with van der Waals surface area (Å²) in [6.07, 6.45) is 2.41. The largest absolute Gasteiger partial charge is 0.480 e. The van der Waals surface area contributed by atoms with Gasteiger partial charge < -0.3 is 10.1 Å². The maximum absolute atomic E-state index is 5.05. The number of anilines is 1. The molecule has 1 saturated heterocycles. The molecule has 1 fully saturated rings. The number of rotatable bonds is 5. The standard InChI is InChI=1S/C17H22N4O/c1-22-17-10-9-16(19-20-17)13-21-11-5-8-15(12-21)18-14-6-3-2-4-7-14/h2-4,6-7,9-10,15,18H,5,8,11-13H2,1H3/t15-/m0/s1. The van der Waals surface area contributed by atoms with Gasteiger partial charge in [-0.3, -0.25) is 4.90 Å². The van der Waals surface area contributed by atoms with Crippen LogP contribution in [0.1, 0.15) is 18.5 Å². The van der Waals surface area contributed by atoms with Crippen molar-refractivity contribution < 1.29 is 4.74 Å². The lowest BCUT2D eigenvalue weighted by molar-refractivity contribution is 0.205. The van der Waals surface area contributed by atoms with Gasteiger partial charge in [0.15, 0.2) is 0 Å². The number of methoxy groups -OCH3 is 1. The third-order valence-corrected chi connectivity index (χ3v) is 3.94. The Morgan fingerprint density at radius 3 is 2.77 bits per heavy atom. The molecule has 1 atom stereocenters. The van der Waals surface area contributed by atoms with Gasteiger partial charge in [-0.25, -0.2) is 0 Å². The Morgan fingerprint density at radius 2 is 2.05 bits per heavy atom. The molecule has 0 amide bonds. The molecule has 0 saturated carbocycles. The molecule has 0 unspecified atom stereocenters. The van der Waals surface area contributed by atoms with Crippen molar-refractivity contribution in [2.24, 2.45) is 0 Å². The van der Waals surface area contributed by atoms with E-state index in [-0.39, 0.29) is 0 Å². The number of benzene rings is 1.